The second-order valence-corrected chi connectivity index (χ2v) is 8.22. The van der Waals surface area contributed by atoms with E-state index >= 15 is 0 Å². The van der Waals surface area contributed by atoms with Gasteiger partial charge in [0.15, 0.2) is 9.84 Å². The van der Waals surface area contributed by atoms with Gasteiger partial charge in [0.05, 0.1) is 18.1 Å². The third-order valence-electron chi connectivity index (χ3n) is 3.99. The van der Waals surface area contributed by atoms with Crippen LogP contribution < -0.4 is 10.1 Å². The number of nitrogens with one attached hydrogen (secondary N) is 1. The van der Waals surface area contributed by atoms with E-state index in [1.54, 1.807) is 11.9 Å². The van der Waals surface area contributed by atoms with Crippen LogP contribution in [0.1, 0.15) is 12.0 Å². The molecule has 0 radical (unpaired) electrons. The van der Waals surface area contributed by atoms with Gasteiger partial charge in [0.2, 0.25) is 0 Å². The summed E-state index contributed by atoms with van der Waals surface area (Å²) in [5, 5.41) is 2.79. The molecule has 1 aromatic rings. The van der Waals surface area contributed by atoms with Gasteiger partial charge in [-0.25, -0.2) is 13.2 Å². The Morgan fingerprint density at radius 3 is 2.78 bits per heavy atom. The number of ether oxygens (including phenoxy) is 1. The highest BCUT2D eigenvalue weighted by Crippen LogP contribution is 2.17. The lowest BCUT2D eigenvalue weighted by Crippen LogP contribution is -2.41. The van der Waals surface area contributed by atoms with E-state index in [1.165, 1.54) is 0 Å². The molecule has 7 heteroatoms. The van der Waals surface area contributed by atoms with Gasteiger partial charge in [0.1, 0.15) is 12.4 Å². The van der Waals surface area contributed by atoms with E-state index in [9.17, 15) is 13.2 Å². The zero-order chi connectivity index (χ0) is 16.9. The largest absolute Gasteiger partial charge is 0.491 e. The van der Waals surface area contributed by atoms with Crippen LogP contribution in [0.2, 0.25) is 0 Å². The summed E-state index contributed by atoms with van der Waals surface area (Å²) in [6.45, 7) is 3.25. The maximum absolute atomic E-state index is 12.0. The van der Waals surface area contributed by atoms with Gasteiger partial charge in [-0.05, 0) is 30.9 Å². The average molecular weight is 340 g/mol. The molecule has 0 saturated carbocycles. The summed E-state index contributed by atoms with van der Waals surface area (Å²) in [7, 11) is -1.20. The molecule has 0 aliphatic carbocycles. The number of hydrogen-bond donors (Lipinski definition) is 1. The van der Waals surface area contributed by atoms with Gasteiger partial charge >= 0.3 is 6.03 Å². The van der Waals surface area contributed by atoms with Crippen LogP contribution in [0.25, 0.3) is 0 Å². The molecule has 1 aliphatic heterocycles. The van der Waals surface area contributed by atoms with E-state index in [0.717, 1.165) is 11.3 Å². The SMILES string of the molecule is Cc1ccccc1OCCN(C)C(=O)NC[C@@H]1CCS(=O)(=O)C1. The number of sulfone groups is 1. The average Bonchev–Trinajstić information content (AvgIpc) is 2.86. The van der Waals surface area contributed by atoms with E-state index in [-0.39, 0.29) is 23.5 Å². The second-order valence-electron chi connectivity index (χ2n) is 5.99. The van der Waals surface area contributed by atoms with Crippen molar-refractivity contribution in [2.45, 2.75) is 13.3 Å². The molecule has 128 valence electrons. The van der Waals surface area contributed by atoms with E-state index in [2.05, 4.69) is 5.32 Å². The van der Waals surface area contributed by atoms with Crippen molar-refractivity contribution in [2.24, 2.45) is 5.92 Å². The van der Waals surface area contributed by atoms with Crippen molar-refractivity contribution in [1.82, 2.24) is 10.2 Å². The number of aryl methyl sites for hydroxylation is 1. The zero-order valence-corrected chi connectivity index (χ0v) is 14.4. The van der Waals surface area contributed by atoms with Crippen LogP contribution in [0.5, 0.6) is 5.75 Å². The first kappa shape index (κ1) is 17.6. The minimum absolute atomic E-state index is 0.0283. The molecule has 1 fully saturated rings. The minimum Gasteiger partial charge on any atom is -0.491 e. The first-order chi connectivity index (χ1) is 10.9. The highest BCUT2D eigenvalue weighted by atomic mass is 32.2. The Labute approximate surface area is 137 Å². The summed E-state index contributed by atoms with van der Waals surface area (Å²) >= 11 is 0. The third-order valence-corrected chi connectivity index (χ3v) is 5.83. The van der Waals surface area contributed by atoms with Gasteiger partial charge in [0, 0.05) is 13.6 Å². The van der Waals surface area contributed by atoms with E-state index in [1.807, 2.05) is 31.2 Å². The Kier molecular flexibility index (Phi) is 5.87. The van der Waals surface area contributed by atoms with Crippen LogP contribution in [0, 0.1) is 12.8 Å². The summed E-state index contributed by atoms with van der Waals surface area (Å²) in [4.78, 5) is 13.5. The molecule has 1 N–H and O–H groups in total. The number of para-hydroxylation sites is 1. The minimum atomic E-state index is -2.90. The summed E-state index contributed by atoms with van der Waals surface area (Å²) < 4.78 is 28.4. The molecule has 6 nitrogen and oxygen atoms in total. The smallest absolute Gasteiger partial charge is 0.317 e. The van der Waals surface area contributed by atoms with Gasteiger partial charge in [-0.3, -0.25) is 0 Å². The van der Waals surface area contributed by atoms with Crippen LogP contribution in [-0.2, 0) is 9.84 Å². The van der Waals surface area contributed by atoms with Gasteiger partial charge < -0.3 is 15.0 Å². The Morgan fingerprint density at radius 2 is 2.13 bits per heavy atom. The molecule has 1 saturated heterocycles. The maximum Gasteiger partial charge on any atom is 0.317 e. The first-order valence-electron chi connectivity index (χ1n) is 7.75. The standard InChI is InChI=1S/C16H24N2O4S/c1-13-5-3-4-6-15(13)22-9-8-18(2)16(19)17-11-14-7-10-23(20,21)12-14/h3-6,14H,7-12H2,1-2H3,(H,17,19)/t14-/m0/s1. The van der Waals surface area contributed by atoms with Gasteiger partial charge in [-0.1, -0.05) is 18.2 Å². The summed E-state index contributed by atoms with van der Waals surface area (Å²) in [5.41, 5.74) is 1.06. The normalized spacial score (nSPS) is 19.3. The molecule has 1 aliphatic rings. The predicted octanol–water partition coefficient (Wildman–Crippen LogP) is 1.45. The van der Waals surface area contributed by atoms with Crippen LogP contribution >= 0.6 is 0 Å². The van der Waals surface area contributed by atoms with Gasteiger partial charge in [0.25, 0.3) is 0 Å². The quantitative estimate of drug-likeness (QED) is 0.850. The van der Waals surface area contributed by atoms with E-state index in [0.29, 0.717) is 26.1 Å². The van der Waals surface area contributed by atoms with Crippen molar-refractivity contribution >= 4 is 15.9 Å². The molecule has 2 rings (SSSR count). The predicted molar refractivity (Wildman–Crippen MR) is 89.5 cm³/mol. The molecule has 0 unspecified atom stereocenters. The van der Waals surface area contributed by atoms with Crippen molar-refractivity contribution in [2.75, 3.05) is 38.2 Å². The molecular formula is C16H24N2O4S. The fourth-order valence-electron chi connectivity index (χ4n) is 2.51. The van der Waals surface area contributed by atoms with Crippen LogP contribution in [0.3, 0.4) is 0 Å². The van der Waals surface area contributed by atoms with Crippen LogP contribution in [-0.4, -0.2) is 57.6 Å². The monoisotopic (exact) mass is 340 g/mol. The topological polar surface area (TPSA) is 75.7 Å². The van der Waals surface area contributed by atoms with Gasteiger partial charge in [-0.2, -0.15) is 0 Å². The number of carbonyl (C=O) groups excluding carboxylic acids is 1. The molecule has 0 aromatic heterocycles. The van der Waals surface area contributed by atoms with Gasteiger partial charge in [-0.15, -0.1) is 0 Å². The Hall–Kier alpha value is -1.76. The zero-order valence-electron chi connectivity index (χ0n) is 13.6. The number of benzene rings is 1. The lowest BCUT2D eigenvalue weighted by Gasteiger charge is -2.19. The highest BCUT2D eigenvalue weighted by molar-refractivity contribution is 7.91. The van der Waals surface area contributed by atoms with Crippen molar-refractivity contribution < 1.29 is 17.9 Å². The molecular weight excluding hydrogens is 316 g/mol. The number of carbonyl (C=O) groups is 1. The number of rotatable bonds is 6. The van der Waals surface area contributed by atoms with E-state index in [4.69, 9.17) is 4.74 Å². The molecule has 0 spiro atoms. The number of amides is 2. The van der Waals surface area contributed by atoms with E-state index < -0.39 is 9.84 Å². The Balaban J connectivity index is 1.68. The summed E-state index contributed by atoms with van der Waals surface area (Å²) in [6.07, 6.45) is 0.628. The van der Waals surface area contributed by atoms with Crippen LogP contribution in [0.4, 0.5) is 4.79 Å². The number of nitrogens with zero attached hydrogens (tertiary/aromatic N) is 1. The maximum atomic E-state index is 12.0. The van der Waals surface area contributed by atoms with Crippen molar-refractivity contribution in [1.29, 1.82) is 0 Å². The fraction of sp³-hybridized carbons (Fsp3) is 0.562. The Morgan fingerprint density at radius 1 is 1.39 bits per heavy atom. The van der Waals surface area contributed by atoms with Crippen LogP contribution in [0.15, 0.2) is 24.3 Å². The fourth-order valence-corrected chi connectivity index (χ4v) is 4.37. The third kappa shape index (κ3) is 5.42. The summed E-state index contributed by atoms with van der Waals surface area (Å²) in [5.74, 6) is 1.25. The van der Waals surface area contributed by atoms with Crippen molar-refractivity contribution in [3.63, 3.8) is 0 Å². The Bertz CT molecular complexity index is 645. The molecule has 1 atom stereocenters. The van der Waals surface area contributed by atoms with Crippen molar-refractivity contribution in [3.8, 4) is 5.75 Å². The molecule has 2 amide bonds. The molecule has 0 bridgehead atoms. The van der Waals surface area contributed by atoms with Crippen molar-refractivity contribution in [3.05, 3.63) is 29.8 Å². The number of hydrogen-bond acceptors (Lipinski definition) is 4. The molecule has 1 heterocycles. The first-order valence-corrected chi connectivity index (χ1v) is 9.57. The lowest BCUT2D eigenvalue weighted by atomic mass is 10.1. The highest BCUT2D eigenvalue weighted by Gasteiger charge is 2.28. The molecule has 1 aromatic carbocycles. The molecule has 23 heavy (non-hydrogen) atoms. The summed E-state index contributed by atoms with van der Waals surface area (Å²) in [6, 6.07) is 7.53. The number of urea groups is 1. The lowest BCUT2D eigenvalue weighted by molar-refractivity contribution is 0.194. The number of likely N-dealkylation sites (N-methyl/N-ethyl adjacent to an activating group) is 1. The second kappa shape index (κ2) is 7.68.